The lowest BCUT2D eigenvalue weighted by atomic mass is 10.3. The number of nitrogens with zero attached hydrogens (tertiary/aromatic N) is 2. The zero-order chi connectivity index (χ0) is 13.3. The largest absolute Gasteiger partial charge is 0.487 e. The van der Waals surface area contributed by atoms with Gasteiger partial charge < -0.3 is 4.74 Å². The first-order valence-electron chi connectivity index (χ1n) is 5.25. The molecule has 0 amide bonds. The van der Waals surface area contributed by atoms with Crippen LogP contribution in [0, 0.1) is 12.7 Å². The average Bonchev–Trinajstić information content (AvgIpc) is 2.55. The normalized spacial score (nSPS) is 10.7. The summed E-state index contributed by atoms with van der Waals surface area (Å²) in [6.45, 7) is 2.10. The second-order valence-corrected chi connectivity index (χ2v) is 5.05. The quantitative estimate of drug-likeness (QED) is 0.853. The summed E-state index contributed by atoms with van der Waals surface area (Å²) in [5.74, 6) is 0.0940. The predicted octanol–water partition coefficient (Wildman–Crippen LogP) is 3.86. The van der Waals surface area contributed by atoms with E-state index >= 15 is 0 Å². The van der Waals surface area contributed by atoms with E-state index in [0.717, 1.165) is 11.3 Å². The van der Waals surface area contributed by atoms with Gasteiger partial charge in [-0.1, -0.05) is 11.6 Å². The minimum Gasteiger partial charge on any atom is -0.487 e. The molecular formula is C12H11BrClFN2O. The van der Waals surface area contributed by atoms with E-state index in [1.165, 1.54) is 12.1 Å². The van der Waals surface area contributed by atoms with Crippen molar-refractivity contribution in [2.45, 2.75) is 13.5 Å². The van der Waals surface area contributed by atoms with Gasteiger partial charge in [0.25, 0.3) is 0 Å². The number of ether oxygens (including phenoxy) is 1. The van der Waals surface area contributed by atoms with Gasteiger partial charge in [0.05, 0.1) is 10.2 Å². The first-order valence-corrected chi connectivity index (χ1v) is 6.42. The number of hydrogen-bond donors (Lipinski definition) is 0. The van der Waals surface area contributed by atoms with Gasteiger partial charge in [-0.25, -0.2) is 4.39 Å². The van der Waals surface area contributed by atoms with Crippen molar-refractivity contribution in [2.24, 2.45) is 7.05 Å². The second-order valence-electron chi connectivity index (χ2n) is 3.84. The molecule has 0 atom stereocenters. The van der Waals surface area contributed by atoms with E-state index < -0.39 is 0 Å². The van der Waals surface area contributed by atoms with Gasteiger partial charge >= 0.3 is 0 Å². The summed E-state index contributed by atoms with van der Waals surface area (Å²) < 4.78 is 20.9. The Kier molecular flexibility index (Phi) is 3.92. The maximum atomic E-state index is 13.1. The van der Waals surface area contributed by atoms with Crippen LogP contribution in [0.25, 0.3) is 0 Å². The first-order chi connectivity index (χ1) is 8.49. The molecule has 6 heteroatoms. The highest BCUT2D eigenvalue weighted by Gasteiger charge is 2.12. The van der Waals surface area contributed by atoms with Crippen molar-refractivity contribution in [1.82, 2.24) is 9.78 Å². The molecule has 0 aliphatic rings. The smallest absolute Gasteiger partial charge is 0.136 e. The summed E-state index contributed by atoms with van der Waals surface area (Å²) in [5.41, 5.74) is 1.60. The predicted molar refractivity (Wildman–Crippen MR) is 71.4 cm³/mol. The zero-order valence-electron chi connectivity index (χ0n) is 9.88. The van der Waals surface area contributed by atoms with Gasteiger partial charge in [0.15, 0.2) is 0 Å². The minimum absolute atomic E-state index is 0.251. The highest BCUT2D eigenvalue weighted by atomic mass is 79.9. The number of aryl methyl sites for hydroxylation is 2. The number of benzene rings is 1. The van der Waals surface area contributed by atoms with Crippen molar-refractivity contribution >= 4 is 27.5 Å². The molecule has 18 heavy (non-hydrogen) atoms. The Morgan fingerprint density at radius 2 is 2.22 bits per heavy atom. The van der Waals surface area contributed by atoms with Gasteiger partial charge in [0, 0.05) is 18.7 Å². The summed E-state index contributed by atoms with van der Waals surface area (Å²) in [6.07, 6.45) is 0. The van der Waals surface area contributed by atoms with Crippen LogP contribution in [0.4, 0.5) is 4.39 Å². The van der Waals surface area contributed by atoms with Gasteiger partial charge in [0.1, 0.15) is 23.3 Å². The Morgan fingerprint density at radius 1 is 1.50 bits per heavy atom. The van der Waals surface area contributed by atoms with Gasteiger partial charge in [0.2, 0.25) is 0 Å². The van der Waals surface area contributed by atoms with E-state index in [1.807, 2.05) is 6.92 Å². The highest BCUT2D eigenvalue weighted by Crippen LogP contribution is 2.28. The molecule has 0 radical (unpaired) electrons. The van der Waals surface area contributed by atoms with Crippen molar-refractivity contribution in [2.75, 3.05) is 0 Å². The third-order valence-corrected chi connectivity index (χ3v) is 3.66. The molecule has 0 aliphatic carbocycles. The summed E-state index contributed by atoms with van der Waals surface area (Å²) in [4.78, 5) is 0. The molecule has 96 valence electrons. The molecule has 0 saturated carbocycles. The Hall–Kier alpha value is -1.07. The molecule has 0 bridgehead atoms. The molecule has 1 aromatic carbocycles. The molecule has 2 aromatic rings. The van der Waals surface area contributed by atoms with Crippen LogP contribution in [0.5, 0.6) is 5.75 Å². The molecule has 0 aliphatic heterocycles. The van der Waals surface area contributed by atoms with Gasteiger partial charge in [-0.3, -0.25) is 4.68 Å². The highest BCUT2D eigenvalue weighted by molar-refractivity contribution is 9.10. The maximum absolute atomic E-state index is 13.1. The van der Waals surface area contributed by atoms with E-state index in [9.17, 15) is 4.39 Å². The second kappa shape index (κ2) is 5.28. The van der Waals surface area contributed by atoms with Crippen LogP contribution in [-0.4, -0.2) is 9.78 Å². The number of hydrogen-bond acceptors (Lipinski definition) is 2. The molecular weight excluding hydrogens is 322 g/mol. The molecule has 1 heterocycles. The van der Waals surface area contributed by atoms with Gasteiger partial charge in [-0.2, -0.15) is 5.10 Å². The Morgan fingerprint density at radius 3 is 2.83 bits per heavy atom. The van der Waals surface area contributed by atoms with Crippen molar-refractivity contribution in [3.05, 3.63) is 44.9 Å². The average molecular weight is 334 g/mol. The van der Waals surface area contributed by atoms with E-state index in [2.05, 4.69) is 21.0 Å². The minimum atomic E-state index is -0.345. The summed E-state index contributed by atoms with van der Waals surface area (Å²) in [5, 5.41) is 4.71. The van der Waals surface area contributed by atoms with Crippen LogP contribution >= 0.6 is 27.5 Å². The van der Waals surface area contributed by atoms with Gasteiger partial charge in [-0.05, 0) is 35.0 Å². The fraction of sp³-hybridized carbons (Fsp3) is 0.250. The molecule has 0 N–H and O–H groups in total. The number of rotatable bonds is 3. The Bertz CT molecular complexity index is 586. The van der Waals surface area contributed by atoms with Gasteiger partial charge in [-0.15, -0.1) is 0 Å². The van der Waals surface area contributed by atoms with Crippen LogP contribution in [0.15, 0.2) is 22.7 Å². The van der Waals surface area contributed by atoms with E-state index in [1.54, 1.807) is 17.8 Å². The standard InChI is InChI=1S/C12H11BrClFN2O/c1-7-9(12(14)17(2)16-7)6-18-11-5-8(15)3-4-10(11)13/h3-5H,6H2,1-2H3. The molecule has 0 unspecified atom stereocenters. The molecule has 0 fully saturated rings. The van der Waals surface area contributed by atoms with Crippen LogP contribution < -0.4 is 4.74 Å². The van der Waals surface area contributed by atoms with Crippen LogP contribution in [0.3, 0.4) is 0 Å². The molecule has 2 rings (SSSR count). The third-order valence-electron chi connectivity index (χ3n) is 2.54. The van der Waals surface area contributed by atoms with Crippen LogP contribution in [0.2, 0.25) is 5.15 Å². The summed E-state index contributed by atoms with van der Waals surface area (Å²) in [6, 6.07) is 4.28. The number of halogens is 3. The van der Waals surface area contributed by atoms with Crippen LogP contribution in [0.1, 0.15) is 11.3 Å². The monoisotopic (exact) mass is 332 g/mol. The third kappa shape index (κ3) is 2.67. The molecule has 0 saturated heterocycles. The van der Waals surface area contributed by atoms with Crippen LogP contribution in [-0.2, 0) is 13.7 Å². The lowest BCUT2D eigenvalue weighted by molar-refractivity contribution is 0.302. The Labute approximate surface area is 118 Å². The fourth-order valence-electron chi connectivity index (χ4n) is 1.58. The van der Waals surface area contributed by atoms with Crippen molar-refractivity contribution in [3.63, 3.8) is 0 Å². The summed E-state index contributed by atoms with van der Waals surface area (Å²) in [7, 11) is 1.76. The van der Waals surface area contributed by atoms with Crippen molar-refractivity contribution in [3.8, 4) is 5.75 Å². The topological polar surface area (TPSA) is 27.1 Å². The number of aromatic nitrogens is 2. The van der Waals surface area contributed by atoms with Crippen molar-refractivity contribution in [1.29, 1.82) is 0 Å². The zero-order valence-corrected chi connectivity index (χ0v) is 12.2. The summed E-state index contributed by atoms with van der Waals surface area (Å²) >= 11 is 9.39. The molecule has 1 aromatic heterocycles. The Balaban J connectivity index is 2.19. The lowest BCUT2D eigenvalue weighted by Gasteiger charge is -2.08. The van der Waals surface area contributed by atoms with E-state index in [0.29, 0.717) is 15.4 Å². The molecule has 3 nitrogen and oxygen atoms in total. The SMILES string of the molecule is Cc1nn(C)c(Cl)c1COc1cc(F)ccc1Br. The maximum Gasteiger partial charge on any atom is 0.136 e. The van der Waals surface area contributed by atoms with E-state index in [4.69, 9.17) is 16.3 Å². The fourth-order valence-corrected chi connectivity index (χ4v) is 2.17. The van der Waals surface area contributed by atoms with Crippen molar-refractivity contribution < 1.29 is 9.13 Å². The van der Waals surface area contributed by atoms with E-state index in [-0.39, 0.29) is 12.4 Å². The molecule has 0 spiro atoms. The lowest BCUT2D eigenvalue weighted by Crippen LogP contribution is -1.98. The first kappa shape index (κ1) is 13.4.